The maximum Gasteiger partial charge on any atom is 0.233 e. The molecule has 1 aromatic carbocycles. The zero-order chi connectivity index (χ0) is 17.8. The molecular formula is C20H23N3O2. The van der Waals surface area contributed by atoms with Crippen LogP contribution in [0.1, 0.15) is 36.6 Å². The molecule has 5 heteroatoms. The Morgan fingerprint density at radius 3 is 2.64 bits per heavy atom. The van der Waals surface area contributed by atoms with E-state index < -0.39 is 5.92 Å². The standard InChI is InChI=1S/C20H23N3O2/c1-3-22(12-16-8-5-4-6-9-16)20(25)18-14-23(15(2)24)13-17-10-7-11-21-19(17)18/h4-11,18H,3,12-14H2,1-2H3. The fourth-order valence-electron chi connectivity index (χ4n) is 3.28. The van der Waals surface area contributed by atoms with Crippen LogP contribution in [0.3, 0.4) is 0 Å². The molecule has 25 heavy (non-hydrogen) atoms. The van der Waals surface area contributed by atoms with Crippen molar-refractivity contribution in [1.82, 2.24) is 14.8 Å². The van der Waals surface area contributed by atoms with Crippen LogP contribution in [0, 0.1) is 0 Å². The highest BCUT2D eigenvalue weighted by Crippen LogP contribution is 2.28. The van der Waals surface area contributed by atoms with Crippen molar-refractivity contribution < 1.29 is 9.59 Å². The first kappa shape index (κ1) is 17.1. The third kappa shape index (κ3) is 3.71. The van der Waals surface area contributed by atoms with Crippen LogP contribution in [0.25, 0.3) is 0 Å². The number of likely N-dealkylation sites (N-methyl/N-ethyl adjacent to an activating group) is 1. The Bertz CT molecular complexity index is 761. The Morgan fingerprint density at radius 2 is 1.96 bits per heavy atom. The summed E-state index contributed by atoms with van der Waals surface area (Å²) in [4.78, 5) is 33.1. The summed E-state index contributed by atoms with van der Waals surface area (Å²) in [6.07, 6.45) is 1.72. The minimum Gasteiger partial charge on any atom is -0.338 e. The molecule has 0 bridgehead atoms. The van der Waals surface area contributed by atoms with Crippen LogP contribution in [0.4, 0.5) is 0 Å². The van der Waals surface area contributed by atoms with Crippen molar-refractivity contribution in [1.29, 1.82) is 0 Å². The molecule has 0 fully saturated rings. The Balaban J connectivity index is 1.87. The van der Waals surface area contributed by atoms with E-state index in [0.717, 1.165) is 16.8 Å². The van der Waals surface area contributed by atoms with Crippen LogP contribution >= 0.6 is 0 Å². The number of fused-ring (bicyclic) bond motifs is 1. The quantitative estimate of drug-likeness (QED) is 0.862. The first-order chi connectivity index (χ1) is 12.1. The first-order valence-corrected chi connectivity index (χ1v) is 8.62. The smallest absolute Gasteiger partial charge is 0.233 e. The summed E-state index contributed by atoms with van der Waals surface area (Å²) < 4.78 is 0. The molecule has 1 atom stereocenters. The van der Waals surface area contributed by atoms with Crippen LogP contribution in [0.15, 0.2) is 48.7 Å². The Labute approximate surface area is 148 Å². The second kappa shape index (κ2) is 7.47. The summed E-state index contributed by atoms with van der Waals surface area (Å²) in [5.74, 6) is -0.395. The molecular weight excluding hydrogens is 314 g/mol. The molecule has 1 aliphatic rings. The lowest BCUT2D eigenvalue weighted by Gasteiger charge is -2.35. The van der Waals surface area contributed by atoms with Gasteiger partial charge in [0.15, 0.2) is 0 Å². The molecule has 0 aliphatic carbocycles. The monoisotopic (exact) mass is 337 g/mol. The fraction of sp³-hybridized carbons (Fsp3) is 0.350. The van der Waals surface area contributed by atoms with Crippen LogP contribution in [0.5, 0.6) is 0 Å². The molecule has 3 rings (SSSR count). The number of benzene rings is 1. The predicted molar refractivity (Wildman–Crippen MR) is 95.6 cm³/mol. The van der Waals surface area contributed by atoms with E-state index in [1.807, 2.05) is 54.3 Å². The van der Waals surface area contributed by atoms with Crippen molar-refractivity contribution in [2.45, 2.75) is 32.9 Å². The molecule has 0 spiro atoms. The van der Waals surface area contributed by atoms with E-state index in [1.54, 1.807) is 18.0 Å². The van der Waals surface area contributed by atoms with Crippen molar-refractivity contribution >= 4 is 11.8 Å². The van der Waals surface area contributed by atoms with Gasteiger partial charge in [0.2, 0.25) is 11.8 Å². The molecule has 2 aromatic rings. The molecule has 130 valence electrons. The Morgan fingerprint density at radius 1 is 1.20 bits per heavy atom. The molecule has 2 amide bonds. The summed E-state index contributed by atoms with van der Waals surface area (Å²) in [5, 5.41) is 0. The number of rotatable bonds is 4. The van der Waals surface area contributed by atoms with Gasteiger partial charge in [0.25, 0.3) is 0 Å². The highest BCUT2D eigenvalue weighted by molar-refractivity contribution is 5.85. The van der Waals surface area contributed by atoms with Crippen molar-refractivity contribution in [3.8, 4) is 0 Å². The second-order valence-corrected chi connectivity index (χ2v) is 6.34. The van der Waals surface area contributed by atoms with Crippen molar-refractivity contribution in [2.24, 2.45) is 0 Å². The lowest BCUT2D eigenvalue weighted by Crippen LogP contribution is -2.44. The average molecular weight is 337 g/mol. The first-order valence-electron chi connectivity index (χ1n) is 8.62. The molecule has 0 saturated carbocycles. The Kier molecular flexibility index (Phi) is 5.12. The number of carbonyl (C=O) groups excluding carboxylic acids is 2. The van der Waals surface area contributed by atoms with E-state index in [0.29, 0.717) is 26.2 Å². The van der Waals surface area contributed by atoms with Crippen LogP contribution in [-0.2, 0) is 22.7 Å². The molecule has 1 unspecified atom stereocenters. The van der Waals surface area contributed by atoms with Crippen LogP contribution in [0.2, 0.25) is 0 Å². The normalized spacial score (nSPS) is 16.2. The van der Waals surface area contributed by atoms with Gasteiger partial charge in [0.1, 0.15) is 0 Å². The van der Waals surface area contributed by atoms with Gasteiger partial charge in [-0.1, -0.05) is 36.4 Å². The van der Waals surface area contributed by atoms with Gasteiger partial charge in [-0.15, -0.1) is 0 Å². The van der Waals surface area contributed by atoms with E-state index in [4.69, 9.17) is 0 Å². The highest BCUT2D eigenvalue weighted by atomic mass is 16.2. The maximum atomic E-state index is 13.2. The van der Waals surface area contributed by atoms with Gasteiger partial charge in [-0.25, -0.2) is 0 Å². The minimum atomic E-state index is -0.405. The molecule has 1 aromatic heterocycles. The number of carbonyl (C=O) groups is 2. The van der Waals surface area contributed by atoms with Gasteiger partial charge in [-0.2, -0.15) is 0 Å². The number of amides is 2. The summed E-state index contributed by atoms with van der Waals surface area (Å²) in [5.41, 5.74) is 2.85. The summed E-state index contributed by atoms with van der Waals surface area (Å²) in [6.45, 7) is 5.62. The fourth-order valence-corrected chi connectivity index (χ4v) is 3.28. The SMILES string of the molecule is CCN(Cc1ccccc1)C(=O)C1CN(C(C)=O)Cc2cccnc21. The predicted octanol–water partition coefficient (Wildman–Crippen LogP) is 2.58. The van der Waals surface area contributed by atoms with E-state index >= 15 is 0 Å². The number of aromatic nitrogens is 1. The third-order valence-corrected chi connectivity index (χ3v) is 4.67. The molecule has 5 nitrogen and oxygen atoms in total. The zero-order valence-corrected chi connectivity index (χ0v) is 14.7. The number of nitrogens with zero attached hydrogens (tertiary/aromatic N) is 3. The molecule has 0 saturated heterocycles. The van der Waals surface area contributed by atoms with Crippen LogP contribution < -0.4 is 0 Å². The molecule has 1 aliphatic heterocycles. The van der Waals surface area contributed by atoms with E-state index in [2.05, 4.69) is 4.98 Å². The third-order valence-electron chi connectivity index (χ3n) is 4.67. The summed E-state index contributed by atoms with van der Waals surface area (Å²) in [6, 6.07) is 13.8. The van der Waals surface area contributed by atoms with E-state index in [1.165, 1.54) is 0 Å². The van der Waals surface area contributed by atoms with Gasteiger partial charge in [0.05, 0.1) is 11.6 Å². The highest BCUT2D eigenvalue weighted by Gasteiger charge is 2.34. The molecule has 2 heterocycles. The zero-order valence-electron chi connectivity index (χ0n) is 14.7. The molecule has 0 N–H and O–H groups in total. The number of pyridine rings is 1. The van der Waals surface area contributed by atoms with Gasteiger partial charge in [-0.05, 0) is 24.1 Å². The summed E-state index contributed by atoms with van der Waals surface area (Å²) >= 11 is 0. The maximum absolute atomic E-state index is 13.2. The van der Waals surface area contributed by atoms with E-state index in [9.17, 15) is 9.59 Å². The average Bonchev–Trinajstić information content (AvgIpc) is 2.65. The minimum absolute atomic E-state index is 0.0154. The lowest BCUT2D eigenvalue weighted by molar-refractivity contribution is -0.136. The lowest BCUT2D eigenvalue weighted by atomic mass is 9.93. The van der Waals surface area contributed by atoms with Crippen molar-refractivity contribution in [3.63, 3.8) is 0 Å². The van der Waals surface area contributed by atoms with E-state index in [-0.39, 0.29) is 11.8 Å². The largest absolute Gasteiger partial charge is 0.338 e. The summed E-state index contributed by atoms with van der Waals surface area (Å²) in [7, 11) is 0. The number of hydrogen-bond acceptors (Lipinski definition) is 3. The number of hydrogen-bond donors (Lipinski definition) is 0. The van der Waals surface area contributed by atoms with Crippen molar-refractivity contribution in [3.05, 3.63) is 65.5 Å². The van der Waals surface area contributed by atoms with Crippen molar-refractivity contribution in [2.75, 3.05) is 13.1 Å². The van der Waals surface area contributed by atoms with Gasteiger partial charge < -0.3 is 9.80 Å². The molecule has 0 radical (unpaired) electrons. The second-order valence-electron chi connectivity index (χ2n) is 6.34. The van der Waals surface area contributed by atoms with Gasteiger partial charge >= 0.3 is 0 Å². The van der Waals surface area contributed by atoms with Gasteiger partial charge in [0, 0.05) is 39.3 Å². The Hall–Kier alpha value is -2.69. The van der Waals surface area contributed by atoms with Gasteiger partial charge in [-0.3, -0.25) is 14.6 Å². The topological polar surface area (TPSA) is 53.5 Å². The van der Waals surface area contributed by atoms with Crippen LogP contribution in [-0.4, -0.2) is 39.7 Å².